The first-order chi connectivity index (χ1) is 16.2. The zero-order chi connectivity index (χ0) is 26.9. The van der Waals surface area contributed by atoms with Crippen LogP contribution in [-0.4, -0.2) is 140 Å². The van der Waals surface area contributed by atoms with E-state index in [1.54, 1.807) is 20.8 Å². The predicted molar refractivity (Wildman–Crippen MR) is 116 cm³/mol. The van der Waals surface area contributed by atoms with E-state index in [-0.39, 0.29) is 19.5 Å². The number of ether oxygens (including phenoxy) is 3. The first-order valence-corrected chi connectivity index (χ1v) is 11.1. The summed E-state index contributed by atoms with van der Waals surface area (Å²) in [5.74, 6) is -1.07. The molecule has 1 aliphatic rings. The van der Waals surface area contributed by atoms with Gasteiger partial charge in [0.1, 0.15) is 48.3 Å². The van der Waals surface area contributed by atoms with Crippen molar-refractivity contribution in [3.8, 4) is 0 Å². The van der Waals surface area contributed by atoms with Crippen molar-refractivity contribution in [2.45, 2.75) is 87.9 Å². The van der Waals surface area contributed by atoms with E-state index in [0.29, 0.717) is 0 Å². The van der Waals surface area contributed by atoms with Crippen LogP contribution in [0.2, 0.25) is 0 Å². The van der Waals surface area contributed by atoms with Gasteiger partial charge < -0.3 is 65.7 Å². The molecule has 2 amide bonds. The molecule has 1 rings (SSSR count). The number of rotatable bonds is 12. The van der Waals surface area contributed by atoms with E-state index in [0.717, 1.165) is 0 Å². The lowest BCUT2D eigenvalue weighted by Gasteiger charge is -2.42. The second-order valence-corrected chi connectivity index (χ2v) is 9.06. The number of aliphatic hydroxyl groups is 8. The Labute approximate surface area is 202 Å². The fraction of sp³-hybridized carbons (Fsp3) is 0.900. The fourth-order valence-electron chi connectivity index (χ4n) is 3.08. The molecule has 206 valence electrons. The Hall–Kier alpha value is -1.66. The number of hydrogen-bond acceptors (Lipinski definition) is 13. The summed E-state index contributed by atoms with van der Waals surface area (Å²) in [5, 5.41) is 83.7. The summed E-state index contributed by atoms with van der Waals surface area (Å²) in [6, 6.07) is 0. The first kappa shape index (κ1) is 31.4. The normalized spacial score (nSPS) is 28.5. The number of alkyl carbamates (subject to hydrolysis) is 1. The van der Waals surface area contributed by atoms with Gasteiger partial charge in [0.05, 0.1) is 13.2 Å². The molecule has 1 aliphatic heterocycles. The SMILES string of the molecule is CC(C)(C)OC(=O)NCCCNC(=O)[C@H](O)[C@@H](O)[C@H](O[C@@H]1OC(CO)[C@H](O)[C@H](O)C1O)[C@H](O)CO. The van der Waals surface area contributed by atoms with Gasteiger partial charge in [0, 0.05) is 13.1 Å². The van der Waals surface area contributed by atoms with Crippen LogP contribution in [0.5, 0.6) is 0 Å². The lowest BCUT2D eigenvalue weighted by molar-refractivity contribution is -0.326. The fourth-order valence-corrected chi connectivity index (χ4v) is 3.08. The van der Waals surface area contributed by atoms with Crippen LogP contribution < -0.4 is 10.6 Å². The highest BCUT2D eigenvalue weighted by molar-refractivity contribution is 5.81. The number of hydrogen-bond donors (Lipinski definition) is 10. The van der Waals surface area contributed by atoms with E-state index in [1.165, 1.54) is 0 Å². The van der Waals surface area contributed by atoms with E-state index >= 15 is 0 Å². The zero-order valence-electron chi connectivity index (χ0n) is 19.9. The highest BCUT2D eigenvalue weighted by atomic mass is 16.7. The zero-order valence-corrected chi connectivity index (χ0v) is 19.9. The Bertz CT molecular complexity index is 659. The largest absolute Gasteiger partial charge is 0.444 e. The number of carbonyl (C=O) groups excluding carboxylic acids is 2. The van der Waals surface area contributed by atoms with Crippen LogP contribution in [0.4, 0.5) is 4.79 Å². The molecule has 15 heteroatoms. The van der Waals surface area contributed by atoms with Gasteiger partial charge in [-0.15, -0.1) is 0 Å². The highest BCUT2D eigenvalue weighted by Gasteiger charge is 2.47. The Morgan fingerprint density at radius 3 is 2.11 bits per heavy atom. The smallest absolute Gasteiger partial charge is 0.407 e. The van der Waals surface area contributed by atoms with E-state index < -0.39 is 85.9 Å². The molecule has 0 aromatic rings. The van der Waals surface area contributed by atoms with Crippen LogP contribution in [0, 0.1) is 0 Å². The van der Waals surface area contributed by atoms with Crippen molar-refractivity contribution in [3.05, 3.63) is 0 Å². The Morgan fingerprint density at radius 1 is 0.971 bits per heavy atom. The summed E-state index contributed by atoms with van der Waals surface area (Å²) in [6.07, 6.45) is -17.0. The molecule has 1 saturated heterocycles. The molecule has 15 nitrogen and oxygen atoms in total. The summed E-state index contributed by atoms with van der Waals surface area (Å²) >= 11 is 0. The van der Waals surface area contributed by atoms with Crippen LogP contribution in [0.1, 0.15) is 27.2 Å². The van der Waals surface area contributed by atoms with Gasteiger partial charge in [-0.05, 0) is 27.2 Å². The van der Waals surface area contributed by atoms with Crippen LogP contribution in [-0.2, 0) is 19.0 Å². The molecule has 0 aromatic carbocycles. The maximum atomic E-state index is 12.2. The molecule has 10 N–H and O–H groups in total. The summed E-state index contributed by atoms with van der Waals surface area (Å²) in [6.45, 7) is 3.46. The molecular weight excluding hydrogens is 476 g/mol. The number of aliphatic hydroxyl groups excluding tert-OH is 8. The molecule has 1 fully saturated rings. The molecule has 0 spiro atoms. The average Bonchev–Trinajstić information content (AvgIpc) is 2.79. The summed E-state index contributed by atoms with van der Waals surface area (Å²) in [4.78, 5) is 23.8. The van der Waals surface area contributed by atoms with Gasteiger partial charge >= 0.3 is 6.09 Å². The molecule has 0 radical (unpaired) electrons. The Kier molecular flexibility index (Phi) is 12.7. The molecule has 1 heterocycles. The number of nitrogens with one attached hydrogen (secondary N) is 2. The minimum Gasteiger partial charge on any atom is -0.444 e. The third-order valence-corrected chi connectivity index (χ3v) is 4.96. The van der Waals surface area contributed by atoms with Crippen molar-refractivity contribution in [3.63, 3.8) is 0 Å². The first-order valence-electron chi connectivity index (χ1n) is 11.1. The standard InChI is InChI=1S/C20H38N2O13/c1-20(2,3)35-19(32)22-6-4-5-21-17(31)14(29)13(28)16(9(25)7-23)34-18-15(30)12(27)11(26)10(8-24)33-18/h9-16,18,23-30H,4-8H2,1-3H3,(H,21,31)(H,22,32)/t9-,10?,11+,12+,13-,14-,15?,16-,18+/m1/s1. The van der Waals surface area contributed by atoms with E-state index in [1.807, 2.05) is 0 Å². The van der Waals surface area contributed by atoms with Crippen LogP contribution in [0.3, 0.4) is 0 Å². The van der Waals surface area contributed by atoms with Gasteiger partial charge in [0.15, 0.2) is 12.4 Å². The molecular formula is C20H38N2O13. The van der Waals surface area contributed by atoms with Crippen molar-refractivity contribution in [1.29, 1.82) is 0 Å². The lowest BCUT2D eigenvalue weighted by Crippen LogP contribution is -2.62. The molecule has 0 aromatic heterocycles. The minimum absolute atomic E-state index is 0.0147. The maximum absolute atomic E-state index is 12.2. The Balaban J connectivity index is 2.66. The summed E-state index contributed by atoms with van der Waals surface area (Å²) in [5.41, 5.74) is -0.675. The van der Waals surface area contributed by atoms with Crippen molar-refractivity contribution in [2.24, 2.45) is 0 Å². The second-order valence-electron chi connectivity index (χ2n) is 9.06. The maximum Gasteiger partial charge on any atom is 0.407 e. The van der Waals surface area contributed by atoms with Crippen molar-refractivity contribution >= 4 is 12.0 Å². The molecule has 35 heavy (non-hydrogen) atoms. The van der Waals surface area contributed by atoms with Crippen LogP contribution >= 0.6 is 0 Å². The third-order valence-electron chi connectivity index (χ3n) is 4.96. The van der Waals surface area contributed by atoms with E-state index in [4.69, 9.17) is 14.2 Å². The lowest BCUT2D eigenvalue weighted by atomic mass is 9.98. The number of amides is 2. The van der Waals surface area contributed by atoms with Crippen LogP contribution in [0.25, 0.3) is 0 Å². The van der Waals surface area contributed by atoms with Gasteiger partial charge in [-0.1, -0.05) is 0 Å². The average molecular weight is 515 g/mol. The minimum atomic E-state index is -2.16. The van der Waals surface area contributed by atoms with Gasteiger partial charge in [0.2, 0.25) is 0 Å². The molecule has 0 saturated carbocycles. The molecule has 2 unspecified atom stereocenters. The van der Waals surface area contributed by atoms with Gasteiger partial charge in [-0.3, -0.25) is 4.79 Å². The predicted octanol–water partition coefficient (Wildman–Crippen LogP) is -4.72. The quantitative estimate of drug-likeness (QED) is 0.110. The summed E-state index contributed by atoms with van der Waals surface area (Å²) in [7, 11) is 0. The molecule has 0 aliphatic carbocycles. The van der Waals surface area contributed by atoms with Gasteiger partial charge in [-0.2, -0.15) is 0 Å². The summed E-state index contributed by atoms with van der Waals surface area (Å²) < 4.78 is 15.4. The van der Waals surface area contributed by atoms with Crippen LogP contribution in [0.15, 0.2) is 0 Å². The molecule has 9 atom stereocenters. The van der Waals surface area contributed by atoms with Crippen molar-refractivity contribution in [1.82, 2.24) is 10.6 Å². The van der Waals surface area contributed by atoms with Gasteiger partial charge in [-0.25, -0.2) is 4.79 Å². The van der Waals surface area contributed by atoms with Crippen molar-refractivity contribution < 1.29 is 64.7 Å². The third kappa shape index (κ3) is 9.72. The Morgan fingerprint density at radius 2 is 1.57 bits per heavy atom. The number of carbonyl (C=O) groups is 2. The topological polar surface area (TPSA) is 248 Å². The monoisotopic (exact) mass is 514 g/mol. The van der Waals surface area contributed by atoms with E-state index in [2.05, 4.69) is 10.6 Å². The van der Waals surface area contributed by atoms with Crippen molar-refractivity contribution in [2.75, 3.05) is 26.3 Å². The second kappa shape index (κ2) is 14.2. The van der Waals surface area contributed by atoms with E-state index in [9.17, 15) is 50.4 Å². The van der Waals surface area contributed by atoms with Gasteiger partial charge in [0.25, 0.3) is 5.91 Å². The highest BCUT2D eigenvalue weighted by Crippen LogP contribution is 2.25. The molecule has 0 bridgehead atoms.